The van der Waals surface area contributed by atoms with E-state index in [0.29, 0.717) is 34.5 Å². The fraction of sp³-hybridized carbons (Fsp3) is 0.105. The maximum atomic E-state index is 9.22. The third kappa shape index (κ3) is 3.01. The van der Waals surface area contributed by atoms with E-state index >= 15 is 0 Å². The Morgan fingerprint density at radius 3 is 2.72 bits per heavy atom. The molecule has 0 saturated carbocycles. The molecule has 0 amide bonds. The number of benzene rings is 1. The second-order valence-corrected chi connectivity index (χ2v) is 6.32. The van der Waals surface area contributed by atoms with Crippen molar-refractivity contribution in [3.63, 3.8) is 0 Å². The quantitative estimate of drug-likeness (QED) is 0.462. The molecule has 144 valence electrons. The molecule has 0 atom stereocenters. The largest absolute Gasteiger partial charge is 0.470 e. The summed E-state index contributed by atoms with van der Waals surface area (Å²) in [6.45, 7) is -0.0398. The van der Waals surface area contributed by atoms with Gasteiger partial charge in [-0.1, -0.05) is 23.4 Å². The van der Waals surface area contributed by atoms with Crippen LogP contribution in [0.2, 0.25) is 0 Å². The molecule has 0 aliphatic carbocycles. The summed E-state index contributed by atoms with van der Waals surface area (Å²) in [5.41, 5.74) is 7.96. The van der Waals surface area contributed by atoms with Crippen LogP contribution in [0.3, 0.4) is 0 Å². The van der Waals surface area contributed by atoms with Crippen molar-refractivity contribution in [3.05, 3.63) is 60.1 Å². The first-order chi connectivity index (χ1) is 14.2. The average molecular weight is 389 g/mol. The molecule has 3 N–H and O–H groups in total. The molecule has 5 rings (SSSR count). The van der Waals surface area contributed by atoms with Gasteiger partial charge in [-0.2, -0.15) is 4.52 Å². The normalized spacial score (nSPS) is 11.3. The zero-order valence-electron chi connectivity index (χ0n) is 15.1. The molecule has 0 bridgehead atoms. The van der Waals surface area contributed by atoms with Crippen LogP contribution in [0.4, 0.5) is 5.69 Å². The Labute approximate surface area is 163 Å². The lowest BCUT2D eigenvalue weighted by molar-refractivity contribution is 0.229. The smallest absolute Gasteiger partial charge is 0.240 e. The Balaban J connectivity index is 1.61. The number of aliphatic hydroxyl groups is 1. The molecular formula is C19H15N7O3. The minimum atomic E-state index is -0.261. The van der Waals surface area contributed by atoms with Crippen molar-refractivity contribution in [1.29, 1.82) is 0 Å². The van der Waals surface area contributed by atoms with Crippen molar-refractivity contribution >= 4 is 22.1 Å². The first-order valence-corrected chi connectivity index (χ1v) is 8.77. The molecule has 0 aliphatic heterocycles. The zero-order valence-corrected chi connectivity index (χ0v) is 15.1. The van der Waals surface area contributed by atoms with Gasteiger partial charge in [-0.3, -0.25) is 4.98 Å². The van der Waals surface area contributed by atoms with E-state index < -0.39 is 0 Å². The van der Waals surface area contributed by atoms with Crippen molar-refractivity contribution in [2.45, 2.75) is 13.2 Å². The predicted octanol–water partition coefficient (Wildman–Crippen LogP) is 1.98. The Kier molecular flexibility index (Phi) is 4.03. The number of hydrogen-bond acceptors (Lipinski definition) is 9. The topological polar surface area (TPSA) is 137 Å². The van der Waals surface area contributed by atoms with Crippen LogP contribution >= 0.6 is 0 Å². The minimum Gasteiger partial charge on any atom is -0.470 e. The molecule has 0 spiro atoms. The van der Waals surface area contributed by atoms with Crippen molar-refractivity contribution < 1.29 is 14.4 Å². The number of nitrogens with zero attached hydrogens (tertiary/aromatic N) is 6. The second kappa shape index (κ2) is 6.84. The van der Waals surface area contributed by atoms with Crippen LogP contribution in [0.1, 0.15) is 11.5 Å². The number of pyridine rings is 1. The molecule has 10 nitrogen and oxygen atoms in total. The summed E-state index contributed by atoms with van der Waals surface area (Å²) in [4.78, 5) is 4.25. The van der Waals surface area contributed by atoms with Crippen LogP contribution in [0.15, 0.2) is 53.2 Å². The van der Waals surface area contributed by atoms with Gasteiger partial charge in [0.1, 0.15) is 13.2 Å². The highest BCUT2D eigenvalue weighted by molar-refractivity contribution is 5.96. The van der Waals surface area contributed by atoms with Gasteiger partial charge in [0, 0.05) is 16.8 Å². The summed E-state index contributed by atoms with van der Waals surface area (Å²) in [5.74, 6) is 1.10. The molecule has 0 saturated heterocycles. The number of aliphatic hydroxyl groups excluding tert-OH is 1. The number of anilines is 1. The van der Waals surface area contributed by atoms with E-state index in [2.05, 4.69) is 25.4 Å². The molecular weight excluding hydrogens is 374 g/mol. The lowest BCUT2D eigenvalue weighted by Crippen LogP contribution is -2.04. The Morgan fingerprint density at radius 1 is 1.10 bits per heavy atom. The Hall–Kier alpha value is -4.05. The van der Waals surface area contributed by atoms with E-state index in [0.717, 1.165) is 16.5 Å². The fourth-order valence-electron chi connectivity index (χ4n) is 2.97. The van der Waals surface area contributed by atoms with E-state index in [4.69, 9.17) is 15.0 Å². The summed E-state index contributed by atoms with van der Waals surface area (Å²) in [7, 11) is 0. The number of aromatic nitrogens is 6. The van der Waals surface area contributed by atoms with Gasteiger partial charge >= 0.3 is 0 Å². The van der Waals surface area contributed by atoms with Crippen LogP contribution in [0.25, 0.3) is 27.9 Å². The van der Waals surface area contributed by atoms with Gasteiger partial charge in [0.2, 0.25) is 11.7 Å². The molecule has 5 aromatic rings. The molecule has 0 aliphatic rings. The Bertz CT molecular complexity index is 1310. The predicted molar refractivity (Wildman–Crippen MR) is 103 cm³/mol. The molecule has 0 unspecified atom stereocenters. The van der Waals surface area contributed by atoms with Gasteiger partial charge in [-0.15, -0.1) is 15.3 Å². The van der Waals surface area contributed by atoms with Gasteiger partial charge in [-0.25, -0.2) is 0 Å². The lowest BCUT2D eigenvalue weighted by atomic mass is 10.2. The summed E-state index contributed by atoms with van der Waals surface area (Å²) in [6, 6.07) is 12.8. The first-order valence-electron chi connectivity index (χ1n) is 8.77. The highest BCUT2D eigenvalue weighted by Crippen LogP contribution is 2.29. The van der Waals surface area contributed by atoms with E-state index in [-0.39, 0.29) is 13.2 Å². The Morgan fingerprint density at radius 2 is 1.97 bits per heavy atom. The van der Waals surface area contributed by atoms with Gasteiger partial charge in [0.25, 0.3) is 0 Å². The summed E-state index contributed by atoms with van der Waals surface area (Å²) in [6.07, 6.45) is 1.58. The van der Waals surface area contributed by atoms with Gasteiger partial charge in [-0.05, 0) is 18.2 Å². The number of rotatable bonds is 5. The zero-order chi connectivity index (χ0) is 19.8. The number of fused-ring (bicyclic) bond motifs is 3. The highest BCUT2D eigenvalue weighted by atomic mass is 16.5. The first kappa shape index (κ1) is 17.1. The molecule has 10 heteroatoms. The van der Waals surface area contributed by atoms with E-state index in [1.807, 2.05) is 24.3 Å². The summed E-state index contributed by atoms with van der Waals surface area (Å²) < 4.78 is 12.6. The maximum absolute atomic E-state index is 9.22. The molecule has 4 aromatic heterocycles. The number of nitrogens with two attached hydrogens (primary N) is 1. The molecule has 1 aromatic carbocycles. The van der Waals surface area contributed by atoms with Crippen molar-refractivity contribution in [2.75, 3.05) is 5.73 Å². The summed E-state index contributed by atoms with van der Waals surface area (Å²) >= 11 is 0. The van der Waals surface area contributed by atoms with Gasteiger partial charge in [0.05, 0.1) is 17.6 Å². The van der Waals surface area contributed by atoms with Gasteiger partial charge in [0.15, 0.2) is 17.1 Å². The monoisotopic (exact) mass is 389 g/mol. The van der Waals surface area contributed by atoms with Gasteiger partial charge < -0.3 is 20.1 Å². The molecule has 4 heterocycles. The van der Waals surface area contributed by atoms with Crippen LogP contribution in [-0.4, -0.2) is 35.1 Å². The third-order valence-electron chi connectivity index (χ3n) is 4.38. The van der Waals surface area contributed by atoms with Crippen LogP contribution in [-0.2, 0) is 13.2 Å². The van der Waals surface area contributed by atoms with Crippen LogP contribution < -0.4 is 10.5 Å². The van der Waals surface area contributed by atoms with Crippen molar-refractivity contribution in [3.8, 4) is 17.4 Å². The molecule has 0 radical (unpaired) electrons. The highest BCUT2D eigenvalue weighted by Gasteiger charge is 2.18. The van der Waals surface area contributed by atoms with E-state index in [9.17, 15) is 5.11 Å². The summed E-state index contributed by atoms with van der Waals surface area (Å²) in [5, 5.41) is 27.8. The third-order valence-corrected chi connectivity index (χ3v) is 4.38. The minimum absolute atomic E-state index is 0.221. The molecule has 29 heavy (non-hydrogen) atoms. The van der Waals surface area contributed by atoms with Crippen LogP contribution in [0, 0.1) is 0 Å². The fourth-order valence-corrected chi connectivity index (χ4v) is 2.97. The van der Waals surface area contributed by atoms with E-state index in [1.165, 1.54) is 0 Å². The molecule has 0 fully saturated rings. The maximum Gasteiger partial charge on any atom is 0.240 e. The van der Waals surface area contributed by atoms with E-state index in [1.54, 1.807) is 28.9 Å². The SMILES string of the molecule is Nc1ccc(COc2nn3c(-c4cc(CO)on4)nnc3c3ccccc23)nc1. The van der Waals surface area contributed by atoms with Crippen molar-refractivity contribution in [1.82, 2.24) is 30.0 Å². The second-order valence-electron chi connectivity index (χ2n) is 6.32. The standard InChI is InChI=1S/C19H15N7O3/c20-11-5-6-12(21-8-11)10-28-19-15-4-2-1-3-14(15)17-22-23-18(26(17)24-19)16-7-13(9-27)29-25-16/h1-8,27H,9-10,20H2. The van der Waals surface area contributed by atoms with Crippen LogP contribution in [0.5, 0.6) is 5.88 Å². The number of ether oxygens (including phenoxy) is 1. The van der Waals surface area contributed by atoms with Crippen molar-refractivity contribution in [2.24, 2.45) is 0 Å². The lowest BCUT2D eigenvalue weighted by Gasteiger charge is -2.09. The number of nitrogen functional groups attached to an aromatic ring is 1. The average Bonchev–Trinajstić information content (AvgIpc) is 3.40. The number of hydrogen-bond donors (Lipinski definition) is 2.